The molecule has 0 N–H and O–H groups in total. The third-order valence-corrected chi connectivity index (χ3v) is 3.06. The van der Waals surface area contributed by atoms with E-state index >= 15 is 0 Å². The summed E-state index contributed by atoms with van der Waals surface area (Å²) in [6, 6.07) is 4.31. The van der Waals surface area contributed by atoms with E-state index < -0.39 is 0 Å². The molecule has 0 spiro atoms. The van der Waals surface area contributed by atoms with Gasteiger partial charge in [-0.2, -0.15) is 0 Å². The normalized spacial score (nSPS) is 12.0. The van der Waals surface area contributed by atoms with Crippen molar-refractivity contribution in [2.75, 3.05) is 27.2 Å². The van der Waals surface area contributed by atoms with E-state index in [4.69, 9.17) is 4.74 Å². The Morgan fingerprint density at radius 2 is 1.56 bits per heavy atom. The molecular weight excluding hydrogens is 222 g/mol. The molecule has 0 radical (unpaired) electrons. The van der Waals surface area contributed by atoms with Gasteiger partial charge in [0.2, 0.25) is 0 Å². The first-order chi connectivity index (χ1) is 8.21. The molecule has 0 atom stereocenters. The fourth-order valence-electron chi connectivity index (χ4n) is 2.54. The molecule has 0 saturated heterocycles. The Morgan fingerprint density at radius 3 is 1.94 bits per heavy atom. The maximum absolute atomic E-state index is 5.80. The lowest BCUT2D eigenvalue weighted by Gasteiger charge is -2.25. The fourth-order valence-corrected chi connectivity index (χ4v) is 2.54. The van der Waals surface area contributed by atoms with Crippen LogP contribution in [0, 0.1) is 13.8 Å². The van der Waals surface area contributed by atoms with E-state index in [-0.39, 0.29) is 5.41 Å². The van der Waals surface area contributed by atoms with Crippen molar-refractivity contribution in [3.8, 4) is 5.75 Å². The molecule has 1 aromatic carbocycles. The number of aryl methyl sites for hydroxylation is 2. The first kappa shape index (κ1) is 15.0. The highest BCUT2D eigenvalue weighted by molar-refractivity contribution is 5.44. The number of ether oxygens (including phenoxy) is 1. The summed E-state index contributed by atoms with van der Waals surface area (Å²) in [6.07, 6.45) is 0. The van der Waals surface area contributed by atoms with Gasteiger partial charge in [-0.25, -0.2) is 0 Å². The van der Waals surface area contributed by atoms with Crippen LogP contribution < -0.4 is 4.74 Å². The van der Waals surface area contributed by atoms with Gasteiger partial charge in [-0.15, -0.1) is 0 Å². The Bertz CT molecular complexity index is 379. The summed E-state index contributed by atoms with van der Waals surface area (Å²) >= 11 is 0. The van der Waals surface area contributed by atoms with Gasteiger partial charge in [0.25, 0.3) is 0 Å². The van der Waals surface area contributed by atoms with Gasteiger partial charge in [0.05, 0.1) is 0 Å². The van der Waals surface area contributed by atoms with Crippen molar-refractivity contribution in [3.05, 3.63) is 28.8 Å². The maximum Gasteiger partial charge on any atom is 0.119 e. The van der Waals surface area contributed by atoms with Crippen molar-refractivity contribution >= 4 is 0 Å². The van der Waals surface area contributed by atoms with Gasteiger partial charge < -0.3 is 9.64 Å². The minimum atomic E-state index is 0.191. The van der Waals surface area contributed by atoms with Gasteiger partial charge in [-0.1, -0.05) is 20.8 Å². The minimum absolute atomic E-state index is 0.191. The summed E-state index contributed by atoms with van der Waals surface area (Å²) in [5.74, 6) is 0.986. The topological polar surface area (TPSA) is 12.5 Å². The van der Waals surface area contributed by atoms with Gasteiger partial charge >= 0.3 is 0 Å². The molecule has 0 bridgehead atoms. The number of rotatable bonds is 4. The highest BCUT2D eigenvalue weighted by Gasteiger charge is 2.19. The van der Waals surface area contributed by atoms with E-state index in [0.717, 1.165) is 18.9 Å². The molecule has 0 amide bonds. The summed E-state index contributed by atoms with van der Waals surface area (Å²) < 4.78 is 5.80. The predicted octanol–water partition coefficient (Wildman–Crippen LogP) is 3.54. The molecule has 0 saturated carbocycles. The van der Waals surface area contributed by atoms with Crippen molar-refractivity contribution in [2.45, 2.75) is 40.0 Å². The summed E-state index contributed by atoms with van der Waals surface area (Å²) in [5, 5.41) is 0. The second-order valence-electron chi connectivity index (χ2n) is 6.33. The molecule has 2 nitrogen and oxygen atoms in total. The molecule has 0 unspecified atom stereocenters. The molecule has 1 aromatic rings. The van der Waals surface area contributed by atoms with E-state index in [1.165, 1.54) is 16.7 Å². The molecule has 0 heterocycles. The molecule has 0 aliphatic carbocycles. The molecule has 0 aromatic heterocycles. The van der Waals surface area contributed by atoms with Gasteiger partial charge in [0.1, 0.15) is 12.4 Å². The lowest BCUT2D eigenvalue weighted by molar-refractivity contribution is 0.261. The van der Waals surface area contributed by atoms with E-state index in [1.807, 2.05) is 0 Å². The van der Waals surface area contributed by atoms with Gasteiger partial charge in [0.15, 0.2) is 0 Å². The Morgan fingerprint density at radius 1 is 1.06 bits per heavy atom. The maximum atomic E-state index is 5.80. The van der Waals surface area contributed by atoms with Crippen LogP contribution in [0.15, 0.2) is 12.1 Å². The summed E-state index contributed by atoms with van der Waals surface area (Å²) in [4.78, 5) is 2.13. The predicted molar refractivity (Wildman–Crippen MR) is 78.7 cm³/mol. The van der Waals surface area contributed by atoms with Crippen LogP contribution >= 0.6 is 0 Å². The SMILES string of the molecule is Cc1cc(OCCN(C)C)cc(C)c1C(C)(C)C. The smallest absolute Gasteiger partial charge is 0.119 e. The molecular formula is C16H27NO. The van der Waals surface area contributed by atoms with Crippen molar-refractivity contribution in [1.82, 2.24) is 4.90 Å². The molecule has 2 heteroatoms. The molecule has 0 fully saturated rings. The Hall–Kier alpha value is -1.02. The largest absolute Gasteiger partial charge is 0.492 e. The standard InChI is InChI=1S/C16H27NO/c1-12-10-14(18-9-8-17(6)7)11-13(2)15(12)16(3,4)5/h10-11H,8-9H2,1-7H3. The first-order valence-electron chi connectivity index (χ1n) is 6.61. The van der Waals surface area contributed by atoms with Crippen LogP contribution in [0.1, 0.15) is 37.5 Å². The van der Waals surface area contributed by atoms with Crippen LogP contribution in [0.2, 0.25) is 0 Å². The summed E-state index contributed by atoms with van der Waals surface area (Å²) in [7, 11) is 4.12. The van der Waals surface area contributed by atoms with Crippen LogP contribution in [-0.4, -0.2) is 32.1 Å². The molecule has 0 aliphatic rings. The lowest BCUT2D eigenvalue weighted by atomic mass is 9.81. The van der Waals surface area contributed by atoms with Gasteiger partial charge in [-0.05, 0) is 62.2 Å². The number of nitrogens with zero attached hydrogens (tertiary/aromatic N) is 1. The third kappa shape index (κ3) is 4.02. The quantitative estimate of drug-likeness (QED) is 0.809. The summed E-state index contributed by atoms with van der Waals surface area (Å²) in [5.41, 5.74) is 4.27. The Labute approximate surface area is 112 Å². The molecule has 1 rings (SSSR count). The van der Waals surface area contributed by atoms with Crippen LogP contribution in [-0.2, 0) is 5.41 Å². The van der Waals surface area contributed by atoms with Crippen molar-refractivity contribution < 1.29 is 4.74 Å². The van der Waals surface area contributed by atoms with Crippen molar-refractivity contribution in [1.29, 1.82) is 0 Å². The van der Waals surface area contributed by atoms with Gasteiger partial charge in [-0.3, -0.25) is 0 Å². The molecule has 102 valence electrons. The van der Waals surface area contributed by atoms with Crippen LogP contribution in [0.25, 0.3) is 0 Å². The second kappa shape index (κ2) is 5.75. The number of likely N-dealkylation sites (N-methyl/N-ethyl adjacent to an activating group) is 1. The second-order valence-corrected chi connectivity index (χ2v) is 6.33. The van der Waals surface area contributed by atoms with E-state index in [0.29, 0.717) is 0 Å². The minimum Gasteiger partial charge on any atom is -0.492 e. The monoisotopic (exact) mass is 249 g/mol. The molecule has 18 heavy (non-hydrogen) atoms. The van der Waals surface area contributed by atoms with E-state index in [1.54, 1.807) is 0 Å². The van der Waals surface area contributed by atoms with Crippen molar-refractivity contribution in [2.24, 2.45) is 0 Å². The van der Waals surface area contributed by atoms with E-state index in [2.05, 4.69) is 65.7 Å². The molecule has 0 aliphatic heterocycles. The van der Waals surface area contributed by atoms with Crippen LogP contribution in [0.5, 0.6) is 5.75 Å². The number of benzene rings is 1. The Kier molecular flexibility index (Phi) is 4.80. The average Bonchev–Trinajstić information content (AvgIpc) is 2.12. The average molecular weight is 249 g/mol. The number of hydrogen-bond acceptors (Lipinski definition) is 2. The summed E-state index contributed by atoms with van der Waals surface area (Å²) in [6.45, 7) is 12.8. The highest BCUT2D eigenvalue weighted by Crippen LogP contribution is 2.31. The van der Waals surface area contributed by atoms with Crippen molar-refractivity contribution in [3.63, 3.8) is 0 Å². The van der Waals surface area contributed by atoms with Crippen LogP contribution in [0.4, 0.5) is 0 Å². The highest BCUT2D eigenvalue weighted by atomic mass is 16.5. The third-order valence-electron chi connectivity index (χ3n) is 3.06. The zero-order chi connectivity index (χ0) is 13.9. The lowest BCUT2D eigenvalue weighted by Crippen LogP contribution is -2.20. The first-order valence-corrected chi connectivity index (χ1v) is 6.61. The van der Waals surface area contributed by atoms with Gasteiger partial charge in [0, 0.05) is 6.54 Å². The zero-order valence-electron chi connectivity index (χ0n) is 12.9. The fraction of sp³-hybridized carbons (Fsp3) is 0.625. The zero-order valence-corrected chi connectivity index (χ0v) is 12.9. The number of hydrogen-bond donors (Lipinski definition) is 0. The Balaban J connectivity index is 2.87. The van der Waals surface area contributed by atoms with Crippen LogP contribution in [0.3, 0.4) is 0 Å². The van der Waals surface area contributed by atoms with E-state index in [9.17, 15) is 0 Å².